The van der Waals surface area contributed by atoms with Crippen molar-refractivity contribution in [1.29, 1.82) is 0 Å². The van der Waals surface area contributed by atoms with Gasteiger partial charge in [0.05, 0.1) is 6.54 Å². The smallest absolute Gasteiger partial charge is 0.241 e. The summed E-state index contributed by atoms with van der Waals surface area (Å²) in [6, 6.07) is 14.0. The number of likely N-dealkylation sites (N-methyl/N-ethyl adjacent to an activating group) is 2. The lowest BCUT2D eigenvalue weighted by Gasteiger charge is -2.25. The van der Waals surface area contributed by atoms with E-state index < -0.39 is 0 Å². The first-order valence-electron chi connectivity index (χ1n) is 7.63. The Kier molecular flexibility index (Phi) is 5.95. The van der Waals surface area contributed by atoms with E-state index in [2.05, 4.69) is 16.8 Å². The minimum absolute atomic E-state index is 0.139. The summed E-state index contributed by atoms with van der Waals surface area (Å²) in [5.74, 6) is 0.139. The Morgan fingerprint density at radius 2 is 1.77 bits per heavy atom. The molecule has 0 spiro atoms. The van der Waals surface area contributed by atoms with Crippen LogP contribution >= 0.6 is 0 Å². The first kappa shape index (κ1) is 16.0. The zero-order chi connectivity index (χ0) is 15.8. The molecule has 0 aliphatic rings. The highest BCUT2D eigenvalue weighted by Gasteiger charge is 2.13. The van der Waals surface area contributed by atoms with Crippen molar-refractivity contribution < 1.29 is 4.79 Å². The summed E-state index contributed by atoms with van der Waals surface area (Å²) in [4.78, 5) is 20.3. The van der Waals surface area contributed by atoms with Crippen molar-refractivity contribution >= 4 is 11.6 Å². The van der Waals surface area contributed by atoms with E-state index in [9.17, 15) is 4.79 Å². The number of para-hydroxylation sites is 1. The molecule has 0 bridgehead atoms. The van der Waals surface area contributed by atoms with E-state index in [0.29, 0.717) is 6.54 Å². The molecular weight excluding hydrogens is 274 g/mol. The summed E-state index contributed by atoms with van der Waals surface area (Å²) in [7, 11) is 1.86. The molecule has 0 radical (unpaired) electrons. The van der Waals surface area contributed by atoms with Crippen LogP contribution in [0.1, 0.15) is 12.5 Å². The summed E-state index contributed by atoms with van der Waals surface area (Å²) < 4.78 is 0. The van der Waals surface area contributed by atoms with E-state index in [4.69, 9.17) is 0 Å². The van der Waals surface area contributed by atoms with Crippen molar-refractivity contribution in [3.05, 3.63) is 60.4 Å². The molecule has 1 aromatic heterocycles. The first-order valence-corrected chi connectivity index (χ1v) is 7.63. The average Bonchev–Trinajstić information content (AvgIpc) is 2.59. The van der Waals surface area contributed by atoms with Crippen molar-refractivity contribution in [3.8, 4) is 0 Å². The Hall–Kier alpha value is -2.36. The van der Waals surface area contributed by atoms with Gasteiger partial charge >= 0.3 is 0 Å². The molecular formula is C18H23N3O. The van der Waals surface area contributed by atoms with Crippen molar-refractivity contribution in [2.24, 2.45) is 0 Å². The normalized spacial score (nSPS) is 10.3. The van der Waals surface area contributed by atoms with Crippen molar-refractivity contribution in [1.82, 2.24) is 9.88 Å². The lowest BCUT2D eigenvalue weighted by molar-refractivity contribution is -0.128. The largest absolute Gasteiger partial charge is 0.362 e. The maximum Gasteiger partial charge on any atom is 0.241 e. The van der Waals surface area contributed by atoms with Crippen molar-refractivity contribution in [2.45, 2.75) is 13.3 Å². The fraction of sp³-hybridized carbons (Fsp3) is 0.333. The summed E-state index contributed by atoms with van der Waals surface area (Å²) >= 11 is 0. The second kappa shape index (κ2) is 8.17. The second-order valence-corrected chi connectivity index (χ2v) is 5.27. The van der Waals surface area contributed by atoms with E-state index in [1.807, 2.05) is 49.5 Å². The van der Waals surface area contributed by atoms with Crippen LogP contribution in [0.5, 0.6) is 0 Å². The third-order valence-corrected chi connectivity index (χ3v) is 3.74. The summed E-state index contributed by atoms with van der Waals surface area (Å²) in [5, 5.41) is 0. The van der Waals surface area contributed by atoms with Crippen LogP contribution in [0.25, 0.3) is 0 Å². The molecule has 1 aromatic carbocycles. The molecule has 4 nitrogen and oxygen atoms in total. The predicted octanol–water partition coefficient (Wildman–Crippen LogP) is 2.61. The first-order chi connectivity index (χ1) is 10.7. The molecule has 0 aliphatic heterocycles. The van der Waals surface area contributed by atoms with Crippen LogP contribution in [0.3, 0.4) is 0 Å². The zero-order valence-electron chi connectivity index (χ0n) is 13.3. The number of carbonyl (C=O) groups is 1. The summed E-state index contributed by atoms with van der Waals surface area (Å²) in [6.07, 6.45) is 4.42. The van der Waals surface area contributed by atoms with E-state index in [-0.39, 0.29) is 5.91 Å². The van der Waals surface area contributed by atoms with E-state index in [1.165, 1.54) is 5.56 Å². The van der Waals surface area contributed by atoms with E-state index >= 15 is 0 Å². The summed E-state index contributed by atoms with van der Waals surface area (Å²) in [6.45, 7) is 4.01. The molecule has 1 heterocycles. The Balaban J connectivity index is 1.87. The number of benzene rings is 1. The molecule has 0 atom stereocenters. The molecule has 2 aromatic rings. The average molecular weight is 297 g/mol. The van der Waals surface area contributed by atoms with E-state index in [1.54, 1.807) is 17.3 Å². The van der Waals surface area contributed by atoms with Crippen LogP contribution in [0.15, 0.2) is 54.9 Å². The summed E-state index contributed by atoms with van der Waals surface area (Å²) in [5.41, 5.74) is 2.28. The van der Waals surface area contributed by atoms with Crippen LogP contribution in [0.2, 0.25) is 0 Å². The minimum atomic E-state index is 0.139. The second-order valence-electron chi connectivity index (χ2n) is 5.27. The molecule has 0 N–H and O–H groups in total. The van der Waals surface area contributed by atoms with Gasteiger partial charge in [-0.25, -0.2) is 0 Å². The fourth-order valence-corrected chi connectivity index (χ4v) is 2.28. The molecule has 0 saturated carbocycles. The molecule has 1 amide bonds. The molecule has 0 unspecified atom stereocenters. The predicted molar refractivity (Wildman–Crippen MR) is 89.9 cm³/mol. The van der Waals surface area contributed by atoms with Crippen LogP contribution in [0, 0.1) is 0 Å². The van der Waals surface area contributed by atoms with E-state index in [0.717, 1.165) is 25.2 Å². The molecule has 0 saturated heterocycles. The third kappa shape index (κ3) is 4.58. The molecule has 22 heavy (non-hydrogen) atoms. The standard InChI is InChI=1S/C18H23N3O/c1-3-21(17-7-5-4-6-8-17)15-18(22)20(2)14-11-16-9-12-19-13-10-16/h4-10,12-13H,3,11,14-15H2,1-2H3. The van der Waals surface area contributed by atoms with Gasteiger partial charge in [-0.2, -0.15) is 0 Å². The number of nitrogens with zero attached hydrogens (tertiary/aromatic N) is 3. The van der Waals surface area contributed by atoms with Gasteiger partial charge in [0.15, 0.2) is 0 Å². The third-order valence-electron chi connectivity index (χ3n) is 3.74. The van der Waals surface area contributed by atoms with Gasteiger partial charge in [0.25, 0.3) is 0 Å². The van der Waals surface area contributed by atoms with Crippen molar-refractivity contribution in [2.75, 3.05) is 31.6 Å². The maximum atomic E-state index is 12.4. The van der Waals surface area contributed by atoms with Crippen LogP contribution in [0.4, 0.5) is 5.69 Å². The van der Waals surface area contributed by atoms with Gasteiger partial charge in [-0.05, 0) is 43.2 Å². The fourth-order valence-electron chi connectivity index (χ4n) is 2.28. The quantitative estimate of drug-likeness (QED) is 0.788. The monoisotopic (exact) mass is 297 g/mol. The number of amides is 1. The maximum absolute atomic E-state index is 12.4. The van der Waals surface area contributed by atoms with Gasteiger partial charge in [0.2, 0.25) is 5.91 Å². The highest BCUT2D eigenvalue weighted by Crippen LogP contribution is 2.12. The molecule has 4 heteroatoms. The van der Waals surface area contributed by atoms with Gasteiger partial charge in [0, 0.05) is 38.2 Å². The highest BCUT2D eigenvalue weighted by atomic mass is 16.2. The number of rotatable bonds is 7. The SMILES string of the molecule is CCN(CC(=O)N(C)CCc1ccncc1)c1ccccc1. The molecule has 2 rings (SSSR count). The lowest BCUT2D eigenvalue weighted by Crippen LogP contribution is -2.39. The van der Waals surface area contributed by atoms with Crippen LogP contribution in [-0.2, 0) is 11.2 Å². The number of aromatic nitrogens is 1. The van der Waals surface area contributed by atoms with Crippen LogP contribution in [-0.4, -0.2) is 42.5 Å². The molecule has 116 valence electrons. The molecule has 0 aliphatic carbocycles. The van der Waals surface area contributed by atoms with Crippen molar-refractivity contribution in [3.63, 3.8) is 0 Å². The number of carbonyl (C=O) groups excluding carboxylic acids is 1. The number of hydrogen-bond donors (Lipinski definition) is 0. The zero-order valence-corrected chi connectivity index (χ0v) is 13.3. The Labute approximate surface area is 132 Å². The van der Waals surface area contributed by atoms with Crippen LogP contribution < -0.4 is 4.90 Å². The van der Waals surface area contributed by atoms with Gasteiger partial charge in [0.1, 0.15) is 0 Å². The number of pyridine rings is 1. The Morgan fingerprint density at radius 3 is 2.41 bits per heavy atom. The molecule has 0 fully saturated rings. The Bertz CT molecular complexity index is 571. The number of hydrogen-bond acceptors (Lipinski definition) is 3. The topological polar surface area (TPSA) is 36.4 Å². The minimum Gasteiger partial charge on any atom is -0.362 e. The van der Waals surface area contributed by atoms with Gasteiger partial charge < -0.3 is 9.80 Å². The van der Waals surface area contributed by atoms with Gasteiger partial charge in [-0.1, -0.05) is 18.2 Å². The number of anilines is 1. The highest BCUT2D eigenvalue weighted by molar-refractivity contribution is 5.81. The van der Waals surface area contributed by atoms with Gasteiger partial charge in [-0.3, -0.25) is 9.78 Å². The van der Waals surface area contributed by atoms with Gasteiger partial charge in [-0.15, -0.1) is 0 Å². The lowest BCUT2D eigenvalue weighted by atomic mass is 10.2. The Morgan fingerprint density at radius 1 is 1.09 bits per heavy atom.